The van der Waals surface area contributed by atoms with Gasteiger partial charge in [-0.2, -0.15) is 0 Å². The smallest absolute Gasteiger partial charge is 0.227 e. The molecule has 0 radical (unpaired) electrons. The minimum Gasteiger partial charge on any atom is -0.326 e. The lowest BCUT2D eigenvalue weighted by molar-refractivity contribution is -0.563. The van der Waals surface area contributed by atoms with Gasteiger partial charge in [-0.05, 0) is 48.5 Å². The Kier molecular flexibility index (Phi) is 6.07. The van der Waals surface area contributed by atoms with Crippen LogP contribution in [0.15, 0.2) is 102 Å². The lowest BCUT2D eigenvalue weighted by Gasteiger charge is -2.30. The van der Waals surface area contributed by atoms with E-state index >= 15 is 0 Å². The quantitative estimate of drug-likeness (QED) is 0.237. The zero-order chi connectivity index (χ0) is 23.7. The highest BCUT2D eigenvalue weighted by molar-refractivity contribution is 9.10. The molecule has 0 fully saturated rings. The molecule has 0 bridgehead atoms. The van der Waals surface area contributed by atoms with E-state index in [0.717, 1.165) is 15.7 Å². The average Bonchev–Trinajstić information content (AvgIpc) is 3.33. The molecule has 0 saturated carbocycles. The minimum absolute atomic E-state index is 0.0352. The van der Waals surface area contributed by atoms with Crippen LogP contribution in [-0.2, 0) is 0 Å². The van der Waals surface area contributed by atoms with Crippen LogP contribution in [0, 0.1) is 5.82 Å². The Bertz CT molecular complexity index is 1380. The van der Waals surface area contributed by atoms with E-state index in [1.54, 1.807) is 12.1 Å². The number of hydrogen-bond acceptors (Lipinski definition) is 2. The van der Waals surface area contributed by atoms with Gasteiger partial charge in [0, 0.05) is 27.4 Å². The lowest BCUT2D eigenvalue weighted by Crippen LogP contribution is -2.40. The van der Waals surface area contributed by atoms with Gasteiger partial charge in [-0.1, -0.05) is 58.4 Å². The predicted molar refractivity (Wildman–Crippen MR) is 132 cm³/mol. The number of halogens is 2. The molecule has 0 aliphatic carbocycles. The largest absolute Gasteiger partial charge is 0.326 e. The van der Waals surface area contributed by atoms with Gasteiger partial charge in [0.25, 0.3) is 0 Å². The summed E-state index contributed by atoms with van der Waals surface area (Å²) in [5, 5.41) is 0. The summed E-state index contributed by atoms with van der Waals surface area (Å²) in [7, 11) is 0. The van der Waals surface area contributed by atoms with Gasteiger partial charge in [0.2, 0.25) is 18.4 Å². The molecule has 4 nitrogen and oxygen atoms in total. The summed E-state index contributed by atoms with van der Waals surface area (Å²) in [6.07, 6.45) is 3.81. The number of rotatable bonds is 6. The Morgan fingerprint density at radius 2 is 1.56 bits per heavy atom. The molecule has 1 aromatic heterocycles. The van der Waals surface area contributed by atoms with Gasteiger partial charge in [-0.3, -0.25) is 9.59 Å². The molecule has 4 aromatic rings. The van der Waals surface area contributed by atoms with Gasteiger partial charge in [-0.15, -0.1) is 0 Å². The molecule has 1 aliphatic rings. The van der Waals surface area contributed by atoms with E-state index in [1.807, 2.05) is 76.2 Å². The van der Waals surface area contributed by atoms with Gasteiger partial charge in [-0.25, -0.2) is 8.97 Å². The monoisotopic (exact) mass is 515 g/mol. The van der Waals surface area contributed by atoms with Crippen molar-refractivity contribution < 1.29 is 18.6 Å². The molecule has 3 aromatic carbocycles. The first-order valence-electron chi connectivity index (χ1n) is 10.9. The fourth-order valence-electron chi connectivity index (χ4n) is 4.47. The molecule has 168 valence electrons. The van der Waals surface area contributed by atoms with Crippen molar-refractivity contribution in [3.8, 4) is 0 Å². The number of hydrogen-bond donors (Lipinski definition) is 0. The van der Waals surface area contributed by atoms with E-state index in [0.29, 0.717) is 11.1 Å². The molecule has 6 heteroatoms. The van der Waals surface area contributed by atoms with Crippen LogP contribution < -0.4 is 0 Å². The maximum Gasteiger partial charge on any atom is 0.227 e. The lowest BCUT2D eigenvalue weighted by atomic mass is 9.90. The summed E-state index contributed by atoms with van der Waals surface area (Å²) in [6.45, 7) is 0.114. The van der Waals surface area contributed by atoms with E-state index in [-0.39, 0.29) is 18.1 Å². The zero-order valence-electron chi connectivity index (χ0n) is 18.1. The fourth-order valence-corrected chi connectivity index (χ4v) is 4.73. The molecule has 0 saturated heterocycles. The number of carbonyl (C=O) groups excluding carboxylic acids is 2. The van der Waals surface area contributed by atoms with Crippen molar-refractivity contribution in [2.45, 2.75) is 12.1 Å². The van der Waals surface area contributed by atoms with Crippen LogP contribution in [0.4, 0.5) is 4.39 Å². The van der Waals surface area contributed by atoms with Crippen molar-refractivity contribution in [3.05, 3.63) is 130 Å². The number of ketones is 2. The maximum atomic E-state index is 13.8. The van der Waals surface area contributed by atoms with Crippen LogP contribution in [0.3, 0.4) is 0 Å². The van der Waals surface area contributed by atoms with E-state index < -0.39 is 17.9 Å². The molecule has 1 aliphatic heterocycles. The third-order valence-corrected chi connectivity index (χ3v) is 6.63. The zero-order valence-corrected chi connectivity index (χ0v) is 19.7. The van der Waals surface area contributed by atoms with Crippen LogP contribution in [0.1, 0.15) is 44.1 Å². The van der Waals surface area contributed by atoms with E-state index in [9.17, 15) is 14.0 Å². The molecular weight excluding hydrogens is 495 g/mol. The molecular formula is C28H21BrFN2O2+. The van der Waals surface area contributed by atoms with Crippen molar-refractivity contribution >= 4 is 33.7 Å². The average molecular weight is 516 g/mol. The van der Waals surface area contributed by atoms with E-state index in [2.05, 4.69) is 15.9 Å². The van der Waals surface area contributed by atoms with Crippen LogP contribution in [0.25, 0.3) is 0 Å². The maximum absolute atomic E-state index is 13.8. The minimum atomic E-state index is -0.634. The first-order valence-corrected chi connectivity index (χ1v) is 11.7. The summed E-state index contributed by atoms with van der Waals surface area (Å²) in [6, 6.07) is 25.3. The second-order valence-corrected chi connectivity index (χ2v) is 9.16. The van der Waals surface area contributed by atoms with Crippen LogP contribution in [0.2, 0.25) is 0 Å². The molecule has 34 heavy (non-hydrogen) atoms. The van der Waals surface area contributed by atoms with Crippen LogP contribution in [0.5, 0.6) is 0 Å². The Hall–Kier alpha value is -3.64. The fraction of sp³-hybridized carbons (Fsp3) is 0.107. The Labute approximate surface area is 205 Å². The third-order valence-electron chi connectivity index (χ3n) is 6.10. The normalized spacial score (nSPS) is 17.1. The summed E-state index contributed by atoms with van der Waals surface area (Å²) >= 11 is 3.48. The Balaban J connectivity index is 1.62. The molecule has 2 atom stereocenters. The number of fused-ring (bicyclic) bond motifs is 1. The van der Waals surface area contributed by atoms with E-state index in [1.165, 1.54) is 24.3 Å². The molecule has 5 rings (SSSR count). The van der Waals surface area contributed by atoms with Crippen molar-refractivity contribution in [1.82, 2.24) is 4.57 Å². The van der Waals surface area contributed by atoms with Gasteiger partial charge in [0.15, 0.2) is 18.0 Å². The number of Topliss-reactive ketones (excluding diaryl/α,β-unsaturated/α-hetero) is 2. The highest BCUT2D eigenvalue weighted by Crippen LogP contribution is 2.37. The van der Waals surface area contributed by atoms with Crippen LogP contribution in [-0.4, -0.2) is 33.5 Å². The van der Waals surface area contributed by atoms with Crippen molar-refractivity contribution in [1.29, 1.82) is 0 Å². The van der Waals surface area contributed by atoms with Crippen molar-refractivity contribution in [3.63, 3.8) is 0 Å². The molecule has 2 heterocycles. The molecule has 0 N–H and O–H groups in total. The highest BCUT2D eigenvalue weighted by atomic mass is 79.9. The Morgan fingerprint density at radius 3 is 2.26 bits per heavy atom. The van der Waals surface area contributed by atoms with Crippen molar-refractivity contribution in [2.75, 3.05) is 6.54 Å². The molecule has 0 spiro atoms. The van der Waals surface area contributed by atoms with Crippen LogP contribution >= 0.6 is 15.9 Å². The van der Waals surface area contributed by atoms with Gasteiger partial charge in [0.1, 0.15) is 11.5 Å². The second-order valence-electron chi connectivity index (χ2n) is 8.24. The summed E-state index contributed by atoms with van der Waals surface area (Å²) in [5.41, 5.74) is 2.77. The van der Waals surface area contributed by atoms with Crippen molar-refractivity contribution in [2.24, 2.45) is 0 Å². The first-order chi connectivity index (χ1) is 16.5. The summed E-state index contributed by atoms with van der Waals surface area (Å²) < 4.78 is 18.4. The second kappa shape index (κ2) is 9.31. The highest BCUT2D eigenvalue weighted by Gasteiger charge is 2.43. The summed E-state index contributed by atoms with van der Waals surface area (Å²) in [5.74, 6) is -0.572. The van der Waals surface area contributed by atoms with Gasteiger partial charge >= 0.3 is 0 Å². The first kappa shape index (κ1) is 22.2. The standard InChI is InChI=1S/C28H21BrFN2O2/c29-22-12-8-20(9-13-22)26-27(28(34)21-10-14-23(30)15-11-21)32-16-4-7-24(32)17-31(26)18-25(33)19-5-2-1-3-6-19/h1-17,26-27H,18H2/q+1/t26-,27+/m1/s1. The third kappa shape index (κ3) is 4.29. The predicted octanol–water partition coefficient (Wildman–Crippen LogP) is 5.88. The Morgan fingerprint density at radius 1 is 0.853 bits per heavy atom. The molecule has 0 amide bonds. The number of nitrogens with zero attached hydrogens (tertiary/aromatic N) is 2. The number of benzene rings is 3. The SMILES string of the molecule is O=C(C[N+]1=Cc2cccn2[C@H](C(=O)c2ccc(F)cc2)[C@H]1c1ccc(Br)cc1)c1ccccc1. The topological polar surface area (TPSA) is 42.1 Å². The summed E-state index contributed by atoms with van der Waals surface area (Å²) in [4.78, 5) is 27.0. The van der Waals surface area contributed by atoms with Gasteiger partial charge < -0.3 is 4.57 Å². The number of carbonyl (C=O) groups is 2. The number of aromatic nitrogens is 1. The van der Waals surface area contributed by atoms with E-state index in [4.69, 9.17) is 0 Å². The van der Waals surface area contributed by atoms with Gasteiger partial charge in [0.05, 0.1) is 0 Å². The molecule has 0 unspecified atom stereocenters.